The van der Waals surface area contributed by atoms with Crippen molar-refractivity contribution in [1.29, 1.82) is 0 Å². The van der Waals surface area contributed by atoms with Gasteiger partial charge >= 0.3 is 0 Å². The van der Waals surface area contributed by atoms with Crippen LogP contribution in [0.1, 0.15) is 77.3 Å². The summed E-state index contributed by atoms with van der Waals surface area (Å²) in [4.78, 5) is 0. The Bertz CT molecular complexity index is 306. The molecule has 1 aromatic carbocycles. The molecule has 0 aliphatic rings. The highest BCUT2D eigenvalue weighted by molar-refractivity contribution is 5.47. The normalized spacial score (nSPS) is 10.1. The van der Waals surface area contributed by atoms with Crippen LogP contribution in [0.5, 0.6) is 0 Å². The molecule has 0 saturated carbocycles. The molecule has 114 valence electrons. The average Bonchev–Trinajstić information content (AvgIpc) is 2.49. The lowest BCUT2D eigenvalue weighted by atomic mass is 9.94. The van der Waals surface area contributed by atoms with E-state index in [0.29, 0.717) is 0 Å². The van der Waals surface area contributed by atoms with Gasteiger partial charge in [0.2, 0.25) is 0 Å². The maximum atomic E-state index is 3.69. The molecule has 0 aliphatic carbocycles. The van der Waals surface area contributed by atoms with Crippen molar-refractivity contribution in [3.8, 4) is 0 Å². The standard InChI is InChI=1S/C10H12.C10H22/c1-3-9-5-7-10(4-2)8-6-9;1-4-7-10(8-5-2)9-6-3/h3,5-8H,1,4H2,2H3;10H,4-9H2,1-3H3. The topological polar surface area (TPSA) is 0 Å². The highest BCUT2D eigenvalue weighted by atomic mass is 14.1. The second-order valence-electron chi connectivity index (χ2n) is 5.53. The minimum absolute atomic E-state index is 1.03. The third-order valence-electron chi connectivity index (χ3n) is 3.71. The summed E-state index contributed by atoms with van der Waals surface area (Å²) in [6.45, 7) is 12.7. The predicted octanol–water partition coefficient (Wildman–Crippen LogP) is 6.89. The van der Waals surface area contributed by atoms with Crippen LogP contribution < -0.4 is 0 Å². The zero-order valence-electron chi connectivity index (χ0n) is 14.1. The number of benzene rings is 1. The summed E-state index contributed by atoms with van der Waals surface area (Å²) in [6, 6.07) is 8.45. The smallest absolute Gasteiger partial charge is 0.0262 e. The Labute approximate surface area is 127 Å². The van der Waals surface area contributed by atoms with Gasteiger partial charge < -0.3 is 0 Å². The summed E-state index contributed by atoms with van der Waals surface area (Å²) >= 11 is 0. The molecule has 0 amide bonds. The Balaban J connectivity index is 0.000000361. The maximum Gasteiger partial charge on any atom is -0.0262 e. The minimum atomic E-state index is 1.03. The van der Waals surface area contributed by atoms with Gasteiger partial charge in [-0.15, -0.1) is 0 Å². The van der Waals surface area contributed by atoms with Gasteiger partial charge in [0.25, 0.3) is 0 Å². The first-order valence-electron chi connectivity index (χ1n) is 8.43. The van der Waals surface area contributed by atoms with E-state index in [1.54, 1.807) is 0 Å². The van der Waals surface area contributed by atoms with Crippen molar-refractivity contribution in [3.63, 3.8) is 0 Å². The SMILES string of the molecule is C=Cc1ccc(CC)cc1.CCCC(CCC)CCC. The summed E-state index contributed by atoms with van der Waals surface area (Å²) < 4.78 is 0. The molecule has 0 saturated heterocycles. The fourth-order valence-electron chi connectivity index (χ4n) is 2.55. The third-order valence-corrected chi connectivity index (χ3v) is 3.71. The third kappa shape index (κ3) is 8.96. The Morgan fingerprint density at radius 2 is 1.30 bits per heavy atom. The van der Waals surface area contributed by atoms with Crippen molar-refractivity contribution >= 4 is 6.08 Å². The summed E-state index contributed by atoms with van der Waals surface area (Å²) in [5.74, 6) is 1.03. The summed E-state index contributed by atoms with van der Waals surface area (Å²) in [6.07, 6.45) is 11.4. The van der Waals surface area contributed by atoms with E-state index < -0.39 is 0 Å². The lowest BCUT2D eigenvalue weighted by Crippen LogP contribution is -1.98. The monoisotopic (exact) mass is 274 g/mol. The zero-order valence-corrected chi connectivity index (χ0v) is 14.1. The fourth-order valence-corrected chi connectivity index (χ4v) is 2.55. The van der Waals surface area contributed by atoms with E-state index in [1.807, 2.05) is 6.08 Å². The number of rotatable bonds is 8. The lowest BCUT2D eigenvalue weighted by molar-refractivity contribution is 0.407. The van der Waals surface area contributed by atoms with Gasteiger partial charge in [-0.2, -0.15) is 0 Å². The lowest BCUT2D eigenvalue weighted by Gasteiger charge is -2.12. The van der Waals surface area contributed by atoms with Crippen LogP contribution in [0.25, 0.3) is 6.08 Å². The van der Waals surface area contributed by atoms with Crippen LogP contribution in [0.2, 0.25) is 0 Å². The van der Waals surface area contributed by atoms with Crippen LogP contribution in [0.15, 0.2) is 30.8 Å². The van der Waals surface area contributed by atoms with Crippen molar-refractivity contribution in [2.45, 2.75) is 72.6 Å². The Morgan fingerprint density at radius 1 is 0.850 bits per heavy atom. The highest BCUT2D eigenvalue weighted by Gasteiger charge is 2.03. The van der Waals surface area contributed by atoms with E-state index in [0.717, 1.165) is 12.3 Å². The second kappa shape index (κ2) is 13.0. The van der Waals surface area contributed by atoms with Crippen LogP contribution in [0, 0.1) is 5.92 Å². The van der Waals surface area contributed by atoms with Crippen LogP contribution in [0.4, 0.5) is 0 Å². The second-order valence-corrected chi connectivity index (χ2v) is 5.53. The maximum absolute atomic E-state index is 3.69. The predicted molar refractivity (Wildman–Crippen MR) is 94.1 cm³/mol. The summed E-state index contributed by atoms with van der Waals surface area (Å²) in [5.41, 5.74) is 2.57. The quantitative estimate of drug-likeness (QED) is 0.484. The highest BCUT2D eigenvalue weighted by Crippen LogP contribution is 2.18. The molecule has 0 radical (unpaired) electrons. The molecule has 0 unspecified atom stereocenters. The molecule has 0 heteroatoms. The zero-order chi connectivity index (χ0) is 15.2. The molecule has 0 spiro atoms. The molecule has 0 aromatic heterocycles. The van der Waals surface area contributed by atoms with Gasteiger partial charge in [0.15, 0.2) is 0 Å². The van der Waals surface area contributed by atoms with Crippen LogP contribution >= 0.6 is 0 Å². The van der Waals surface area contributed by atoms with Crippen LogP contribution in [-0.4, -0.2) is 0 Å². The van der Waals surface area contributed by atoms with Gasteiger partial charge in [0.05, 0.1) is 0 Å². The van der Waals surface area contributed by atoms with Gasteiger partial charge in [0.1, 0.15) is 0 Å². The molecule has 0 bridgehead atoms. The van der Waals surface area contributed by atoms with Gasteiger partial charge in [-0.1, -0.05) is 103 Å². The molecular formula is C20H34. The summed E-state index contributed by atoms with van der Waals surface area (Å²) in [7, 11) is 0. The Hall–Kier alpha value is -1.04. The van der Waals surface area contributed by atoms with Gasteiger partial charge in [-0.3, -0.25) is 0 Å². The molecule has 1 rings (SSSR count). The molecular weight excluding hydrogens is 240 g/mol. The number of hydrogen-bond acceptors (Lipinski definition) is 0. The summed E-state index contributed by atoms with van der Waals surface area (Å²) in [5, 5.41) is 0. The molecule has 20 heavy (non-hydrogen) atoms. The van der Waals surface area contributed by atoms with E-state index in [1.165, 1.54) is 49.7 Å². The first kappa shape index (κ1) is 19.0. The van der Waals surface area contributed by atoms with E-state index in [4.69, 9.17) is 0 Å². The van der Waals surface area contributed by atoms with Crippen molar-refractivity contribution in [1.82, 2.24) is 0 Å². The van der Waals surface area contributed by atoms with Crippen LogP contribution in [-0.2, 0) is 6.42 Å². The Kier molecular flexibility index (Phi) is 12.3. The first-order valence-corrected chi connectivity index (χ1v) is 8.43. The molecule has 1 aromatic rings. The average molecular weight is 274 g/mol. The van der Waals surface area contributed by atoms with Crippen molar-refractivity contribution in [3.05, 3.63) is 42.0 Å². The molecule has 0 fully saturated rings. The molecule has 0 heterocycles. The Morgan fingerprint density at radius 3 is 1.60 bits per heavy atom. The van der Waals surface area contributed by atoms with Gasteiger partial charge in [-0.05, 0) is 23.5 Å². The van der Waals surface area contributed by atoms with Crippen molar-refractivity contribution in [2.75, 3.05) is 0 Å². The fraction of sp³-hybridized carbons (Fsp3) is 0.600. The van der Waals surface area contributed by atoms with Crippen molar-refractivity contribution < 1.29 is 0 Å². The molecule has 0 aliphatic heterocycles. The molecule has 0 nitrogen and oxygen atoms in total. The molecule has 0 N–H and O–H groups in total. The number of hydrogen-bond donors (Lipinski definition) is 0. The van der Waals surface area contributed by atoms with Gasteiger partial charge in [0, 0.05) is 0 Å². The van der Waals surface area contributed by atoms with E-state index in [2.05, 4.69) is 58.5 Å². The van der Waals surface area contributed by atoms with E-state index in [-0.39, 0.29) is 0 Å². The minimum Gasteiger partial charge on any atom is -0.0985 e. The van der Waals surface area contributed by atoms with Crippen molar-refractivity contribution in [2.24, 2.45) is 5.92 Å². The van der Waals surface area contributed by atoms with E-state index >= 15 is 0 Å². The van der Waals surface area contributed by atoms with E-state index in [9.17, 15) is 0 Å². The first-order chi connectivity index (χ1) is 9.71. The van der Waals surface area contributed by atoms with Crippen LogP contribution in [0.3, 0.4) is 0 Å². The van der Waals surface area contributed by atoms with Gasteiger partial charge in [-0.25, -0.2) is 0 Å². The number of aryl methyl sites for hydroxylation is 1. The molecule has 0 atom stereocenters. The largest absolute Gasteiger partial charge is 0.0985 e.